The van der Waals surface area contributed by atoms with Crippen molar-refractivity contribution in [3.05, 3.63) is 0 Å². The van der Waals surface area contributed by atoms with E-state index >= 15 is 0 Å². The van der Waals surface area contributed by atoms with Crippen molar-refractivity contribution in [1.29, 1.82) is 0 Å². The van der Waals surface area contributed by atoms with Crippen LogP contribution < -0.4 is 0 Å². The number of rotatable bonds is 0. The Hall–Kier alpha value is 0.581. The molecule has 0 aliphatic rings. The number of hydrogen-bond acceptors (Lipinski definition) is 3. The van der Waals surface area contributed by atoms with Gasteiger partial charge in [0.1, 0.15) is 0 Å². The van der Waals surface area contributed by atoms with Crippen LogP contribution in [0, 0.1) is 0 Å². The molecule has 0 aromatic heterocycles. The second-order valence-electron chi connectivity index (χ2n) is 0.204. The summed E-state index contributed by atoms with van der Waals surface area (Å²) in [6.45, 7) is 0. The maximum absolute atomic E-state index is 8.59. The molecule has 6 heavy (non-hydrogen) atoms. The fourth-order valence-corrected chi connectivity index (χ4v) is 0. The van der Waals surface area contributed by atoms with Gasteiger partial charge >= 0.3 is 27.4 Å². The van der Waals surface area contributed by atoms with Crippen LogP contribution in [0.2, 0.25) is 0 Å². The SMILES string of the molecule is O.[AlH3].[O]=[Mo](=[O])=[O]. The molecule has 0 aromatic rings. The standard InChI is InChI=1S/Al.Mo.H2O.3O.3H/h;;1H2;;;;;;. The Morgan fingerprint density at radius 3 is 1.00 bits per heavy atom. The Bertz CT molecular complexity index is 76.9. The van der Waals surface area contributed by atoms with E-state index < -0.39 is 17.2 Å². The van der Waals surface area contributed by atoms with Crippen molar-refractivity contribution in [2.24, 2.45) is 0 Å². The van der Waals surface area contributed by atoms with E-state index in [1.807, 2.05) is 0 Å². The molecule has 0 radical (unpaired) electrons. The first-order valence-corrected chi connectivity index (χ1v) is 2.96. The van der Waals surface area contributed by atoms with Gasteiger partial charge in [-0.15, -0.1) is 0 Å². The normalized spacial score (nSPS) is 4.00. The predicted molar refractivity (Wildman–Crippen MR) is 15.6 cm³/mol. The van der Waals surface area contributed by atoms with Crippen molar-refractivity contribution < 1.29 is 32.9 Å². The summed E-state index contributed by atoms with van der Waals surface area (Å²) in [4.78, 5) is 0. The van der Waals surface area contributed by atoms with Gasteiger partial charge in [-0.3, -0.25) is 0 Å². The Morgan fingerprint density at radius 1 is 1.00 bits per heavy atom. The van der Waals surface area contributed by atoms with Crippen LogP contribution in [-0.2, 0) is 27.4 Å². The summed E-state index contributed by atoms with van der Waals surface area (Å²) in [6.07, 6.45) is 0. The van der Waals surface area contributed by atoms with E-state index in [1.165, 1.54) is 0 Å². The van der Waals surface area contributed by atoms with Crippen LogP contribution in [0.5, 0.6) is 0 Å². The molecule has 38 valence electrons. The van der Waals surface area contributed by atoms with Crippen molar-refractivity contribution in [1.82, 2.24) is 0 Å². The van der Waals surface area contributed by atoms with Crippen molar-refractivity contribution in [3.8, 4) is 0 Å². The van der Waals surface area contributed by atoms with Crippen LogP contribution in [0.3, 0.4) is 0 Å². The summed E-state index contributed by atoms with van der Waals surface area (Å²) >= 11 is -4.11. The molecular weight excluding hydrogens is 187 g/mol. The van der Waals surface area contributed by atoms with E-state index in [1.54, 1.807) is 0 Å². The van der Waals surface area contributed by atoms with Gasteiger partial charge in [-0.05, 0) is 0 Å². The molecule has 2 N–H and O–H groups in total. The molecule has 0 aliphatic carbocycles. The molecule has 6 heteroatoms. The van der Waals surface area contributed by atoms with Crippen molar-refractivity contribution in [3.63, 3.8) is 0 Å². The summed E-state index contributed by atoms with van der Waals surface area (Å²) in [7, 11) is 0. The average Bonchev–Trinajstić information content (AvgIpc) is 0.811. The second kappa shape index (κ2) is 9.13. The van der Waals surface area contributed by atoms with E-state index in [-0.39, 0.29) is 22.8 Å². The van der Waals surface area contributed by atoms with Gasteiger partial charge in [-0.2, -0.15) is 0 Å². The fraction of sp³-hybridized carbons (Fsp3) is 0. The van der Waals surface area contributed by atoms with Gasteiger partial charge < -0.3 is 5.48 Å². The molecule has 4 nitrogen and oxygen atoms in total. The van der Waals surface area contributed by atoms with Gasteiger partial charge in [0.05, 0.1) is 0 Å². The monoisotopic (exact) mass is 194 g/mol. The van der Waals surface area contributed by atoms with Crippen molar-refractivity contribution in [2.75, 3.05) is 0 Å². The maximum atomic E-state index is 8.59. The average molecular weight is 192 g/mol. The summed E-state index contributed by atoms with van der Waals surface area (Å²) in [5.74, 6) is 0. The Labute approximate surface area is 50.5 Å². The van der Waals surface area contributed by atoms with Gasteiger partial charge in [-0.25, -0.2) is 0 Å². The first-order valence-electron chi connectivity index (χ1n) is 0.500. The van der Waals surface area contributed by atoms with E-state index in [0.29, 0.717) is 0 Å². The van der Waals surface area contributed by atoms with Gasteiger partial charge in [-0.1, -0.05) is 0 Å². The molecule has 0 heterocycles. The molecule has 0 bridgehead atoms. The van der Waals surface area contributed by atoms with E-state index in [0.717, 1.165) is 0 Å². The van der Waals surface area contributed by atoms with Crippen LogP contribution in [0.1, 0.15) is 0 Å². The van der Waals surface area contributed by atoms with Gasteiger partial charge in [0, 0.05) is 0 Å². The number of hydrogen-bond donors (Lipinski definition) is 0. The summed E-state index contributed by atoms with van der Waals surface area (Å²) in [5, 5.41) is 0. The quantitative estimate of drug-likeness (QED) is 0.402. The van der Waals surface area contributed by atoms with E-state index in [2.05, 4.69) is 0 Å². The molecule has 0 saturated carbocycles. The molecule has 0 atom stereocenters. The summed E-state index contributed by atoms with van der Waals surface area (Å²) in [5.41, 5.74) is 0. The van der Waals surface area contributed by atoms with Crippen molar-refractivity contribution in [2.45, 2.75) is 0 Å². The first kappa shape index (κ1) is 16.0. The van der Waals surface area contributed by atoms with Crippen LogP contribution in [0.25, 0.3) is 0 Å². The second-order valence-corrected chi connectivity index (χ2v) is 1.21. The molecule has 0 amide bonds. The zero-order valence-electron chi connectivity index (χ0n) is 2.13. The van der Waals surface area contributed by atoms with Crippen LogP contribution in [0.4, 0.5) is 0 Å². The van der Waals surface area contributed by atoms with Gasteiger partial charge in [0.2, 0.25) is 0 Å². The Morgan fingerprint density at radius 2 is 1.00 bits per heavy atom. The fourth-order valence-electron chi connectivity index (χ4n) is 0. The molecular formula is H5AlMoO4. The van der Waals surface area contributed by atoms with E-state index in [9.17, 15) is 0 Å². The van der Waals surface area contributed by atoms with Gasteiger partial charge in [0.15, 0.2) is 17.4 Å². The zero-order chi connectivity index (χ0) is 3.58. The molecule has 0 rings (SSSR count). The third kappa shape index (κ3) is 174. The van der Waals surface area contributed by atoms with Crippen molar-refractivity contribution >= 4 is 17.4 Å². The summed E-state index contributed by atoms with van der Waals surface area (Å²) < 4.78 is 25.8. The summed E-state index contributed by atoms with van der Waals surface area (Å²) in [6, 6.07) is 0. The first-order chi connectivity index (χ1) is 1.73. The molecule has 0 saturated heterocycles. The third-order valence-electron chi connectivity index (χ3n) is 0. The minimum absolute atomic E-state index is 0. The molecule has 0 fully saturated rings. The Kier molecular flexibility index (Phi) is 24.3. The molecule has 0 aromatic carbocycles. The minimum atomic E-state index is -4.11. The van der Waals surface area contributed by atoms with E-state index in [4.69, 9.17) is 10.2 Å². The Balaban J connectivity index is -0.0000000450. The zero-order valence-corrected chi connectivity index (χ0v) is 4.14. The van der Waals surface area contributed by atoms with Crippen LogP contribution in [0.15, 0.2) is 0 Å². The predicted octanol–water partition coefficient (Wildman–Crippen LogP) is -2.37. The molecule has 0 aliphatic heterocycles. The molecule has 0 spiro atoms. The topological polar surface area (TPSA) is 82.7 Å². The van der Waals surface area contributed by atoms with Crippen LogP contribution >= 0.6 is 0 Å². The van der Waals surface area contributed by atoms with Gasteiger partial charge in [0.25, 0.3) is 0 Å². The van der Waals surface area contributed by atoms with Crippen LogP contribution in [-0.4, -0.2) is 22.8 Å². The molecule has 0 unspecified atom stereocenters. The third-order valence-corrected chi connectivity index (χ3v) is 0.